The second-order valence-electron chi connectivity index (χ2n) is 2.53. The summed E-state index contributed by atoms with van der Waals surface area (Å²) >= 11 is 5.07. The Balaban J connectivity index is 3.38. The van der Waals surface area contributed by atoms with Crippen LogP contribution in [-0.2, 0) is 6.18 Å². The first-order chi connectivity index (χ1) is 6.73. The number of aromatic nitrogens is 1. The molecule has 0 fully saturated rings. The maximum Gasteiger partial charge on any atom is 0.420 e. The first-order valence-corrected chi connectivity index (χ1v) is 3.86. The second-order valence-corrected chi connectivity index (χ2v) is 2.89. The molecule has 1 aromatic rings. The SMILES string of the molecule is Oc1c(C(F)(F)F)cc(C(F)F)nc1Cl. The summed E-state index contributed by atoms with van der Waals surface area (Å²) in [5, 5.41) is 7.88. The lowest BCUT2D eigenvalue weighted by Crippen LogP contribution is -2.08. The number of nitrogens with zero attached hydrogens (tertiary/aromatic N) is 1. The largest absolute Gasteiger partial charge is 0.504 e. The summed E-state index contributed by atoms with van der Waals surface area (Å²) < 4.78 is 60.7. The van der Waals surface area contributed by atoms with Crippen LogP contribution in [0.15, 0.2) is 6.07 Å². The lowest BCUT2D eigenvalue weighted by Gasteiger charge is -2.11. The Labute approximate surface area is 85.3 Å². The van der Waals surface area contributed by atoms with E-state index in [1.807, 2.05) is 0 Å². The predicted molar refractivity (Wildman–Crippen MR) is 40.9 cm³/mol. The molecule has 1 N–H and O–H groups in total. The van der Waals surface area contributed by atoms with Gasteiger partial charge in [-0.1, -0.05) is 11.6 Å². The summed E-state index contributed by atoms with van der Waals surface area (Å²) in [4.78, 5) is 2.91. The third kappa shape index (κ3) is 2.47. The minimum Gasteiger partial charge on any atom is -0.504 e. The van der Waals surface area contributed by atoms with E-state index in [9.17, 15) is 22.0 Å². The highest BCUT2D eigenvalue weighted by molar-refractivity contribution is 6.30. The van der Waals surface area contributed by atoms with Crippen LogP contribution in [-0.4, -0.2) is 10.1 Å². The average Bonchev–Trinajstić information content (AvgIpc) is 2.06. The highest BCUT2D eigenvalue weighted by Crippen LogP contribution is 2.40. The smallest absolute Gasteiger partial charge is 0.420 e. The number of hydrogen-bond acceptors (Lipinski definition) is 2. The number of hydrogen-bond donors (Lipinski definition) is 1. The Morgan fingerprint density at radius 1 is 1.33 bits per heavy atom. The Bertz CT molecular complexity index is 378. The van der Waals surface area contributed by atoms with Gasteiger partial charge in [-0.3, -0.25) is 0 Å². The zero-order valence-corrected chi connectivity index (χ0v) is 7.57. The Morgan fingerprint density at radius 3 is 2.27 bits per heavy atom. The summed E-state index contributed by atoms with van der Waals surface area (Å²) in [6, 6.07) is 0.0614. The molecule has 0 amide bonds. The van der Waals surface area contributed by atoms with Crippen molar-refractivity contribution in [1.29, 1.82) is 0 Å². The molecule has 84 valence electrons. The van der Waals surface area contributed by atoms with Crippen LogP contribution in [0.1, 0.15) is 17.7 Å². The van der Waals surface area contributed by atoms with Crippen LogP contribution in [0.3, 0.4) is 0 Å². The van der Waals surface area contributed by atoms with Gasteiger partial charge in [-0.15, -0.1) is 0 Å². The number of pyridine rings is 1. The van der Waals surface area contributed by atoms with Crippen molar-refractivity contribution < 1.29 is 27.1 Å². The van der Waals surface area contributed by atoms with Gasteiger partial charge < -0.3 is 5.11 Å². The monoisotopic (exact) mass is 247 g/mol. The van der Waals surface area contributed by atoms with Gasteiger partial charge in [0.25, 0.3) is 6.43 Å². The number of halogens is 6. The Hall–Kier alpha value is -1.11. The van der Waals surface area contributed by atoms with Crippen molar-refractivity contribution in [3.63, 3.8) is 0 Å². The molecule has 0 saturated heterocycles. The number of rotatable bonds is 1. The van der Waals surface area contributed by atoms with Crippen molar-refractivity contribution in [1.82, 2.24) is 4.98 Å². The van der Waals surface area contributed by atoms with Gasteiger partial charge >= 0.3 is 6.18 Å². The molecule has 0 saturated carbocycles. The van der Waals surface area contributed by atoms with Crippen molar-refractivity contribution in [2.24, 2.45) is 0 Å². The summed E-state index contributed by atoms with van der Waals surface area (Å²) in [6.07, 6.45) is -8.15. The lowest BCUT2D eigenvalue weighted by atomic mass is 10.2. The fraction of sp³-hybridized carbons (Fsp3) is 0.286. The van der Waals surface area contributed by atoms with E-state index in [0.29, 0.717) is 0 Å². The molecule has 1 rings (SSSR count). The molecule has 0 aliphatic carbocycles. The van der Waals surface area contributed by atoms with Gasteiger partial charge in [0.05, 0.1) is 0 Å². The number of aromatic hydroxyl groups is 1. The molecule has 0 aliphatic rings. The number of alkyl halides is 5. The topological polar surface area (TPSA) is 33.1 Å². The van der Waals surface area contributed by atoms with Crippen LogP contribution in [0.5, 0.6) is 5.75 Å². The first-order valence-electron chi connectivity index (χ1n) is 3.48. The zero-order valence-electron chi connectivity index (χ0n) is 6.82. The van der Waals surface area contributed by atoms with E-state index < -0.39 is 34.8 Å². The van der Waals surface area contributed by atoms with E-state index in [-0.39, 0.29) is 6.07 Å². The predicted octanol–water partition coefficient (Wildman–Crippen LogP) is 3.40. The Kier molecular flexibility index (Phi) is 3.03. The van der Waals surface area contributed by atoms with Gasteiger partial charge in [0.15, 0.2) is 10.9 Å². The van der Waals surface area contributed by atoms with E-state index >= 15 is 0 Å². The lowest BCUT2D eigenvalue weighted by molar-refractivity contribution is -0.138. The highest BCUT2D eigenvalue weighted by atomic mass is 35.5. The summed E-state index contributed by atoms with van der Waals surface area (Å²) in [5.74, 6) is -1.35. The van der Waals surface area contributed by atoms with Crippen LogP contribution in [0.4, 0.5) is 22.0 Å². The van der Waals surface area contributed by atoms with E-state index in [1.165, 1.54) is 0 Å². The molecule has 0 spiro atoms. The van der Waals surface area contributed by atoms with Crippen molar-refractivity contribution in [2.75, 3.05) is 0 Å². The zero-order chi connectivity index (χ0) is 11.8. The van der Waals surface area contributed by atoms with Gasteiger partial charge in [-0.05, 0) is 6.07 Å². The normalized spacial score (nSPS) is 12.2. The molecule has 8 heteroatoms. The first kappa shape index (κ1) is 12.0. The minimum atomic E-state index is -4.96. The maximum atomic E-state index is 12.2. The highest BCUT2D eigenvalue weighted by Gasteiger charge is 2.36. The van der Waals surface area contributed by atoms with Crippen LogP contribution >= 0.6 is 11.6 Å². The van der Waals surface area contributed by atoms with Crippen LogP contribution < -0.4 is 0 Å². The van der Waals surface area contributed by atoms with Gasteiger partial charge in [0.1, 0.15) is 11.3 Å². The molecular formula is C7H3ClF5NO. The minimum absolute atomic E-state index is 0.0614. The fourth-order valence-electron chi connectivity index (χ4n) is 0.854. The second kappa shape index (κ2) is 3.80. The molecule has 15 heavy (non-hydrogen) atoms. The molecular weight excluding hydrogens is 245 g/mol. The summed E-state index contributed by atoms with van der Waals surface area (Å²) in [6.45, 7) is 0. The van der Waals surface area contributed by atoms with E-state index in [4.69, 9.17) is 16.7 Å². The van der Waals surface area contributed by atoms with Gasteiger partial charge in [-0.25, -0.2) is 13.8 Å². The van der Waals surface area contributed by atoms with Crippen LogP contribution in [0.25, 0.3) is 0 Å². The van der Waals surface area contributed by atoms with Gasteiger partial charge in [0.2, 0.25) is 0 Å². The van der Waals surface area contributed by atoms with Gasteiger partial charge in [0, 0.05) is 0 Å². The van der Waals surface area contributed by atoms with Crippen molar-refractivity contribution in [3.05, 3.63) is 22.5 Å². The molecule has 0 radical (unpaired) electrons. The molecule has 0 aromatic carbocycles. The molecule has 0 unspecified atom stereocenters. The fourth-order valence-corrected chi connectivity index (χ4v) is 1.05. The third-order valence-electron chi connectivity index (χ3n) is 1.50. The molecule has 1 heterocycles. The quantitative estimate of drug-likeness (QED) is 0.609. The van der Waals surface area contributed by atoms with Crippen molar-refractivity contribution >= 4 is 11.6 Å². The average molecular weight is 248 g/mol. The van der Waals surface area contributed by atoms with Crippen molar-refractivity contribution in [3.8, 4) is 5.75 Å². The molecule has 2 nitrogen and oxygen atoms in total. The molecule has 0 atom stereocenters. The standard InChI is InChI=1S/C7H3ClF5NO/c8-5-4(15)2(7(11,12)13)1-3(14-5)6(9)10/h1,6,15H. The molecule has 0 bridgehead atoms. The Morgan fingerprint density at radius 2 is 1.87 bits per heavy atom. The van der Waals surface area contributed by atoms with E-state index in [2.05, 4.69) is 4.98 Å². The van der Waals surface area contributed by atoms with E-state index in [0.717, 1.165) is 0 Å². The maximum absolute atomic E-state index is 12.2. The summed E-state index contributed by atoms with van der Waals surface area (Å²) in [7, 11) is 0. The van der Waals surface area contributed by atoms with Crippen molar-refractivity contribution in [2.45, 2.75) is 12.6 Å². The van der Waals surface area contributed by atoms with Crippen LogP contribution in [0.2, 0.25) is 5.15 Å². The van der Waals surface area contributed by atoms with E-state index in [1.54, 1.807) is 0 Å². The molecule has 0 aliphatic heterocycles. The third-order valence-corrected chi connectivity index (χ3v) is 1.76. The molecule has 1 aromatic heterocycles. The van der Waals surface area contributed by atoms with Gasteiger partial charge in [-0.2, -0.15) is 13.2 Å². The summed E-state index contributed by atoms with van der Waals surface area (Å²) in [5.41, 5.74) is -2.76. The van der Waals surface area contributed by atoms with Crippen LogP contribution in [0, 0.1) is 0 Å².